The third-order valence-electron chi connectivity index (χ3n) is 4.71. The Labute approximate surface area is 145 Å². The van der Waals surface area contributed by atoms with Crippen LogP contribution >= 0.6 is 0 Å². The highest BCUT2D eigenvalue weighted by Gasteiger charge is 2.09. The van der Waals surface area contributed by atoms with Gasteiger partial charge >= 0.3 is 0 Å². The molecule has 0 fully saturated rings. The van der Waals surface area contributed by atoms with Crippen LogP contribution in [0.25, 0.3) is 43.8 Å². The van der Waals surface area contributed by atoms with Gasteiger partial charge in [0.25, 0.3) is 0 Å². The number of aromatic nitrogens is 2. The standard InChI is InChI=1S/C23H16N2/c1-15-23(16-7-3-2-4-8-16)25-22-14-20-12-18-10-6-5-9-17(18)11-19(20)13-21(22)24-15/h2-14H,1H3. The van der Waals surface area contributed by atoms with Crippen LogP contribution in [0.1, 0.15) is 5.69 Å². The summed E-state index contributed by atoms with van der Waals surface area (Å²) in [6.07, 6.45) is 0. The minimum absolute atomic E-state index is 0.937. The van der Waals surface area contributed by atoms with Crippen molar-refractivity contribution in [3.63, 3.8) is 0 Å². The maximum atomic E-state index is 4.91. The van der Waals surface area contributed by atoms with Crippen molar-refractivity contribution in [2.75, 3.05) is 0 Å². The average molecular weight is 320 g/mol. The Morgan fingerprint density at radius 3 is 1.76 bits per heavy atom. The minimum Gasteiger partial charge on any atom is -0.249 e. The first-order chi connectivity index (χ1) is 12.3. The number of hydrogen-bond acceptors (Lipinski definition) is 2. The van der Waals surface area contributed by atoms with Crippen LogP contribution in [0.3, 0.4) is 0 Å². The largest absolute Gasteiger partial charge is 0.249 e. The van der Waals surface area contributed by atoms with Crippen molar-refractivity contribution in [3.05, 3.63) is 84.6 Å². The Kier molecular flexibility index (Phi) is 3.04. The number of aryl methyl sites for hydroxylation is 1. The van der Waals surface area contributed by atoms with Crippen LogP contribution in [0.5, 0.6) is 0 Å². The molecule has 2 heteroatoms. The number of benzene rings is 4. The molecule has 0 saturated carbocycles. The average Bonchev–Trinajstić information content (AvgIpc) is 2.65. The summed E-state index contributed by atoms with van der Waals surface area (Å²) in [5, 5.41) is 4.90. The molecule has 4 aromatic carbocycles. The van der Waals surface area contributed by atoms with Crippen LogP contribution in [0.15, 0.2) is 78.9 Å². The van der Waals surface area contributed by atoms with Gasteiger partial charge in [-0.2, -0.15) is 0 Å². The molecule has 25 heavy (non-hydrogen) atoms. The number of nitrogens with zero attached hydrogens (tertiary/aromatic N) is 2. The van der Waals surface area contributed by atoms with Gasteiger partial charge in [-0.05, 0) is 52.7 Å². The molecule has 5 aromatic rings. The summed E-state index contributed by atoms with van der Waals surface area (Å²) in [5.74, 6) is 0. The predicted octanol–water partition coefficient (Wildman–Crippen LogP) is 5.91. The van der Waals surface area contributed by atoms with Crippen molar-refractivity contribution < 1.29 is 0 Å². The van der Waals surface area contributed by atoms with Crippen LogP contribution in [-0.4, -0.2) is 9.97 Å². The van der Waals surface area contributed by atoms with Crippen LogP contribution < -0.4 is 0 Å². The zero-order chi connectivity index (χ0) is 16.8. The first kappa shape index (κ1) is 14.1. The van der Waals surface area contributed by atoms with E-state index in [1.165, 1.54) is 21.5 Å². The fourth-order valence-corrected chi connectivity index (χ4v) is 3.45. The Bertz CT molecular complexity index is 1240. The van der Waals surface area contributed by atoms with E-state index < -0.39 is 0 Å². The van der Waals surface area contributed by atoms with E-state index in [0.717, 1.165) is 28.0 Å². The molecular formula is C23H16N2. The summed E-state index contributed by atoms with van der Waals surface area (Å²) < 4.78 is 0. The predicted molar refractivity (Wildman–Crippen MR) is 105 cm³/mol. The third kappa shape index (κ3) is 2.34. The lowest BCUT2D eigenvalue weighted by Gasteiger charge is -2.09. The Morgan fingerprint density at radius 2 is 1.12 bits per heavy atom. The Balaban J connectivity index is 1.81. The molecule has 0 unspecified atom stereocenters. The van der Waals surface area contributed by atoms with Gasteiger partial charge in [0.2, 0.25) is 0 Å². The van der Waals surface area contributed by atoms with Gasteiger partial charge in [-0.15, -0.1) is 0 Å². The smallest absolute Gasteiger partial charge is 0.0922 e. The second kappa shape index (κ2) is 5.38. The van der Waals surface area contributed by atoms with Crippen molar-refractivity contribution in [1.29, 1.82) is 0 Å². The quantitative estimate of drug-likeness (QED) is 0.359. The van der Waals surface area contributed by atoms with Crippen LogP contribution in [0.2, 0.25) is 0 Å². The second-order valence-corrected chi connectivity index (χ2v) is 6.41. The van der Waals surface area contributed by atoms with E-state index >= 15 is 0 Å². The normalized spacial score (nSPS) is 11.4. The Hall–Kier alpha value is -3.26. The van der Waals surface area contributed by atoms with Crippen molar-refractivity contribution in [2.45, 2.75) is 6.92 Å². The molecule has 0 amide bonds. The van der Waals surface area contributed by atoms with Gasteiger partial charge in [-0.1, -0.05) is 54.6 Å². The molecule has 0 bridgehead atoms. The fourth-order valence-electron chi connectivity index (χ4n) is 3.45. The first-order valence-electron chi connectivity index (χ1n) is 8.44. The molecule has 0 N–H and O–H groups in total. The van der Waals surface area contributed by atoms with E-state index in [0.29, 0.717) is 0 Å². The van der Waals surface area contributed by atoms with Crippen molar-refractivity contribution in [2.24, 2.45) is 0 Å². The van der Waals surface area contributed by atoms with E-state index in [1.54, 1.807) is 0 Å². The van der Waals surface area contributed by atoms with E-state index in [9.17, 15) is 0 Å². The monoisotopic (exact) mass is 320 g/mol. The molecule has 1 heterocycles. The molecule has 5 rings (SSSR count). The number of hydrogen-bond donors (Lipinski definition) is 0. The molecule has 0 aliphatic carbocycles. The van der Waals surface area contributed by atoms with Crippen molar-refractivity contribution in [3.8, 4) is 11.3 Å². The third-order valence-corrected chi connectivity index (χ3v) is 4.71. The van der Waals surface area contributed by atoms with Crippen LogP contribution in [-0.2, 0) is 0 Å². The summed E-state index contributed by atoms with van der Waals surface area (Å²) >= 11 is 0. The van der Waals surface area contributed by atoms with E-state index in [1.807, 2.05) is 25.1 Å². The molecule has 118 valence electrons. The van der Waals surface area contributed by atoms with Crippen molar-refractivity contribution in [1.82, 2.24) is 9.97 Å². The summed E-state index contributed by atoms with van der Waals surface area (Å²) in [4.78, 5) is 9.73. The molecule has 0 saturated heterocycles. The van der Waals surface area contributed by atoms with Crippen LogP contribution in [0, 0.1) is 6.92 Å². The summed E-state index contributed by atoms with van der Waals surface area (Å²) in [6.45, 7) is 2.03. The molecule has 0 atom stereocenters. The zero-order valence-electron chi connectivity index (χ0n) is 13.9. The molecule has 0 aliphatic heterocycles. The fraction of sp³-hybridized carbons (Fsp3) is 0.0435. The Morgan fingerprint density at radius 1 is 0.560 bits per heavy atom. The van der Waals surface area contributed by atoms with Gasteiger partial charge in [-0.3, -0.25) is 0 Å². The number of fused-ring (bicyclic) bond motifs is 3. The van der Waals surface area contributed by atoms with E-state index in [-0.39, 0.29) is 0 Å². The highest BCUT2D eigenvalue weighted by Crippen LogP contribution is 2.28. The highest BCUT2D eigenvalue weighted by atomic mass is 14.8. The maximum absolute atomic E-state index is 4.91. The molecule has 0 radical (unpaired) electrons. The first-order valence-corrected chi connectivity index (χ1v) is 8.44. The lowest BCUT2D eigenvalue weighted by atomic mass is 10.0. The lowest BCUT2D eigenvalue weighted by molar-refractivity contribution is 1.19. The van der Waals surface area contributed by atoms with Gasteiger partial charge in [0.1, 0.15) is 0 Å². The molecule has 2 nitrogen and oxygen atoms in total. The minimum atomic E-state index is 0.937. The van der Waals surface area contributed by atoms with E-state index in [4.69, 9.17) is 9.97 Å². The second-order valence-electron chi connectivity index (χ2n) is 6.41. The summed E-state index contributed by atoms with van der Waals surface area (Å²) in [6, 6.07) is 27.4. The zero-order valence-corrected chi connectivity index (χ0v) is 13.9. The summed E-state index contributed by atoms with van der Waals surface area (Å²) in [5.41, 5.74) is 4.90. The van der Waals surface area contributed by atoms with Gasteiger partial charge in [0, 0.05) is 5.56 Å². The highest BCUT2D eigenvalue weighted by molar-refractivity contribution is 6.03. The van der Waals surface area contributed by atoms with Crippen LogP contribution in [0.4, 0.5) is 0 Å². The van der Waals surface area contributed by atoms with Gasteiger partial charge in [-0.25, -0.2) is 9.97 Å². The SMILES string of the molecule is Cc1nc2cc3cc4ccccc4cc3cc2nc1-c1ccccc1. The molecular weight excluding hydrogens is 304 g/mol. The number of rotatable bonds is 1. The topological polar surface area (TPSA) is 25.8 Å². The van der Waals surface area contributed by atoms with E-state index in [2.05, 4.69) is 60.7 Å². The molecule has 1 aromatic heterocycles. The van der Waals surface area contributed by atoms with Gasteiger partial charge < -0.3 is 0 Å². The van der Waals surface area contributed by atoms with Crippen molar-refractivity contribution >= 4 is 32.6 Å². The molecule has 0 aliphatic rings. The lowest BCUT2D eigenvalue weighted by Crippen LogP contribution is -1.94. The van der Waals surface area contributed by atoms with Gasteiger partial charge in [0.15, 0.2) is 0 Å². The molecule has 0 spiro atoms. The van der Waals surface area contributed by atoms with Gasteiger partial charge in [0.05, 0.1) is 22.4 Å². The maximum Gasteiger partial charge on any atom is 0.0922 e. The summed E-state index contributed by atoms with van der Waals surface area (Å²) in [7, 11) is 0.